The molecular formula is C15H12F3N3O. The first-order valence-electron chi connectivity index (χ1n) is 6.46. The summed E-state index contributed by atoms with van der Waals surface area (Å²) in [6.07, 6.45) is -2.91. The van der Waals surface area contributed by atoms with Gasteiger partial charge in [0.15, 0.2) is 5.65 Å². The number of imidazole rings is 1. The highest BCUT2D eigenvalue weighted by Crippen LogP contribution is 2.39. The van der Waals surface area contributed by atoms with Gasteiger partial charge in [0.1, 0.15) is 5.75 Å². The molecule has 0 saturated heterocycles. The predicted molar refractivity (Wildman–Crippen MR) is 75.6 cm³/mol. The van der Waals surface area contributed by atoms with Crippen molar-refractivity contribution in [1.82, 2.24) is 15.0 Å². The number of aryl methyl sites for hydroxylation is 1. The molecule has 1 aromatic carbocycles. The quantitative estimate of drug-likeness (QED) is 0.779. The highest BCUT2D eigenvalue weighted by atomic mass is 19.4. The Kier molecular flexibility index (Phi) is 3.27. The Hall–Kier alpha value is -2.57. The number of aromatic nitrogens is 3. The second-order valence-electron chi connectivity index (χ2n) is 4.84. The van der Waals surface area contributed by atoms with Crippen molar-refractivity contribution in [2.75, 3.05) is 7.11 Å². The van der Waals surface area contributed by atoms with E-state index >= 15 is 0 Å². The molecule has 0 saturated carbocycles. The number of halogens is 3. The number of rotatable bonds is 2. The van der Waals surface area contributed by atoms with E-state index < -0.39 is 11.7 Å². The van der Waals surface area contributed by atoms with Crippen LogP contribution in [0.2, 0.25) is 0 Å². The Balaban J connectivity index is 2.21. The standard InChI is InChI=1S/C15H12F3N3O/c1-8-5-9(15(16,17)18)6-12(22-2)13(8)10-3-4-11-14(21-10)20-7-19-11/h3-7H,1-2H3,(H,19,20,21). The van der Waals surface area contributed by atoms with Crippen LogP contribution in [0.25, 0.3) is 22.4 Å². The maximum absolute atomic E-state index is 12.9. The molecule has 114 valence electrons. The molecule has 0 fully saturated rings. The van der Waals surface area contributed by atoms with Gasteiger partial charge >= 0.3 is 6.18 Å². The number of alkyl halides is 3. The van der Waals surface area contributed by atoms with Crippen LogP contribution in [0.1, 0.15) is 11.1 Å². The zero-order valence-electron chi connectivity index (χ0n) is 11.8. The topological polar surface area (TPSA) is 50.8 Å². The van der Waals surface area contributed by atoms with Gasteiger partial charge in [-0.25, -0.2) is 9.97 Å². The van der Waals surface area contributed by atoms with Gasteiger partial charge in [0.25, 0.3) is 0 Å². The third-order valence-corrected chi connectivity index (χ3v) is 3.38. The Morgan fingerprint density at radius 1 is 1.18 bits per heavy atom. The van der Waals surface area contributed by atoms with E-state index in [2.05, 4.69) is 15.0 Å². The van der Waals surface area contributed by atoms with E-state index in [-0.39, 0.29) is 5.75 Å². The Morgan fingerprint density at radius 2 is 1.95 bits per heavy atom. The van der Waals surface area contributed by atoms with E-state index in [9.17, 15) is 13.2 Å². The number of fused-ring (bicyclic) bond motifs is 1. The lowest BCUT2D eigenvalue weighted by atomic mass is 10.00. The number of H-pyrrole nitrogens is 1. The number of nitrogens with one attached hydrogen (secondary N) is 1. The molecule has 0 amide bonds. The van der Waals surface area contributed by atoms with Gasteiger partial charge in [-0.3, -0.25) is 0 Å². The third-order valence-electron chi connectivity index (χ3n) is 3.38. The van der Waals surface area contributed by atoms with E-state index in [1.165, 1.54) is 13.4 Å². The highest BCUT2D eigenvalue weighted by Gasteiger charge is 2.32. The third kappa shape index (κ3) is 2.38. The summed E-state index contributed by atoms with van der Waals surface area (Å²) in [5.74, 6) is 0.134. The van der Waals surface area contributed by atoms with Crippen molar-refractivity contribution in [3.05, 3.63) is 41.7 Å². The fourth-order valence-corrected chi connectivity index (χ4v) is 2.37. The lowest BCUT2D eigenvalue weighted by molar-refractivity contribution is -0.137. The zero-order valence-corrected chi connectivity index (χ0v) is 11.8. The molecule has 1 N–H and O–H groups in total. The molecule has 3 aromatic rings. The summed E-state index contributed by atoms with van der Waals surface area (Å²) in [7, 11) is 1.34. The van der Waals surface area contributed by atoms with Gasteiger partial charge in [-0.15, -0.1) is 0 Å². The average molecular weight is 307 g/mol. The van der Waals surface area contributed by atoms with E-state index in [0.717, 1.165) is 17.6 Å². The highest BCUT2D eigenvalue weighted by molar-refractivity contribution is 5.78. The average Bonchev–Trinajstić information content (AvgIpc) is 2.92. The normalized spacial score (nSPS) is 11.9. The minimum atomic E-state index is -4.42. The zero-order chi connectivity index (χ0) is 15.9. The van der Waals surface area contributed by atoms with Crippen LogP contribution in [-0.2, 0) is 6.18 Å². The van der Waals surface area contributed by atoms with Gasteiger partial charge in [0.05, 0.1) is 30.2 Å². The van der Waals surface area contributed by atoms with Crippen LogP contribution in [0.4, 0.5) is 13.2 Å². The van der Waals surface area contributed by atoms with E-state index in [1.54, 1.807) is 19.1 Å². The lowest BCUT2D eigenvalue weighted by Gasteiger charge is -2.15. The number of benzene rings is 1. The van der Waals surface area contributed by atoms with Crippen molar-refractivity contribution >= 4 is 11.2 Å². The monoisotopic (exact) mass is 307 g/mol. The summed E-state index contributed by atoms with van der Waals surface area (Å²) in [6, 6.07) is 5.58. The molecule has 0 radical (unpaired) electrons. The van der Waals surface area contributed by atoms with Crippen molar-refractivity contribution in [2.45, 2.75) is 13.1 Å². The number of ether oxygens (including phenoxy) is 1. The number of nitrogens with zero attached hydrogens (tertiary/aromatic N) is 2. The van der Waals surface area contributed by atoms with Gasteiger partial charge in [0, 0.05) is 5.56 Å². The fourth-order valence-electron chi connectivity index (χ4n) is 2.37. The van der Waals surface area contributed by atoms with Crippen LogP contribution in [-0.4, -0.2) is 22.1 Å². The number of methoxy groups -OCH3 is 1. The minimum Gasteiger partial charge on any atom is -0.496 e. The predicted octanol–water partition coefficient (Wildman–Crippen LogP) is 3.96. The van der Waals surface area contributed by atoms with Crippen molar-refractivity contribution < 1.29 is 17.9 Å². The minimum absolute atomic E-state index is 0.134. The van der Waals surface area contributed by atoms with Gasteiger partial charge in [0.2, 0.25) is 0 Å². The molecule has 0 aliphatic heterocycles. The molecule has 7 heteroatoms. The van der Waals surface area contributed by atoms with Crippen LogP contribution in [0.15, 0.2) is 30.6 Å². The lowest BCUT2D eigenvalue weighted by Crippen LogP contribution is -2.07. The molecule has 2 aromatic heterocycles. The summed E-state index contributed by atoms with van der Waals surface area (Å²) in [5.41, 5.74) is 2.00. The first kappa shape index (κ1) is 14.4. The van der Waals surface area contributed by atoms with Gasteiger partial charge in [-0.05, 0) is 36.8 Å². The Labute approximate surface area is 124 Å². The van der Waals surface area contributed by atoms with Crippen LogP contribution < -0.4 is 4.74 Å². The molecule has 0 atom stereocenters. The maximum Gasteiger partial charge on any atom is 0.416 e. The van der Waals surface area contributed by atoms with Crippen molar-refractivity contribution in [3.63, 3.8) is 0 Å². The van der Waals surface area contributed by atoms with Crippen LogP contribution in [0.5, 0.6) is 5.75 Å². The van der Waals surface area contributed by atoms with Crippen molar-refractivity contribution in [3.8, 4) is 17.0 Å². The fraction of sp³-hybridized carbons (Fsp3) is 0.200. The summed E-state index contributed by atoms with van der Waals surface area (Å²) in [6.45, 7) is 1.60. The van der Waals surface area contributed by atoms with Crippen LogP contribution in [0, 0.1) is 6.92 Å². The molecular weight excluding hydrogens is 295 g/mol. The van der Waals surface area contributed by atoms with Gasteiger partial charge in [-0.1, -0.05) is 0 Å². The van der Waals surface area contributed by atoms with Crippen molar-refractivity contribution in [1.29, 1.82) is 0 Å². The molecule has 22 heavy (non-hydrogen) atoms. The van der Waals surface area contributed by atoms with E-state index in [1.807, 2.05) is 0 Å². The summed E-state index contributed by atoms with van der Waals surface area (Å²) in [5, 5.41) is 0. The number of hydrogen-bond donors (Lipinski definition) is 1. The Morgan fingerprint density at radius 3 is 2.64 bits per heavy atom. The first-order valence-corrected chi connectivity index (χ1v) is 6.46. The van der Waals surface area contributed by atoms with Crippen molar-refractivity contribution in [2.24, 2.45) is 0 Å². The second-order valence-corrected chi connectivity index (χ2v) is 4.84. The SMILES string of the molecule is COc1cc(C(F)(F)F)cc(C)c1-c1ccc2[nH]cnc2n1. The molecule has 0 unspecified atom stereocenters. The van der Waals surface area contributed by atoms with E-state index in [0.29, 0.717) is 22.5 Å². The molecule has 0 aliphatic rings. The number of pyridine rings is 1. The molecule has 2 heterocycles. The van der Waals surface area contributed by atoms with Crippen LogP contribution in [0.3, 0.4) is 0 Å². The maximum atomic E-state index is 12.9. The van der Waals surface area contributed by atoms with Gasteiger partial charge in [-0.2, -0.15) is 13.2 Å². The van der Waals surface area contributed by atoms with E-state index in [4.69, 9.17) is 4.74 Å². The number of aromatic amines is 1. The van der Waals surface area contributed by atoms with Crippen LogP contribution >= 0.6 is 0 Å². The summed E-state index contributed by atoms with van der Waals surface area (Å²) < 4.78 is 43.8. The largest absolute Gasteiger partial charge is 0.496 e. The second kappa shape index (κ2) is 5.01. The molecule has 0 aliphatic carbocycles. The summed E-state index contributed by atoms with van der Waals surface area (Å²) in [4.78, 5) is 11.3. The molecule has 0 bridgehead atoms. The first-order chi connectivity index (χ1) is 10.4. The molecule has 3 rings (SSSR count). The molecule has 0 spiro atoms. The summed E-state index contributed by atoms with van der Waals surface area (Å²) >= 11 is 0. The van der Waals surface area contributed by atoms with Gasteiger partial charge < -0.3 is 9.72 Å². The number of hydrogen-bond acceptors (Lipinski definition) is 3. The Bertz CT molecular complexity index is 840. The molecule has 4 nitrogen and oxygen atoms in total. The smallest absolute Gasteiger partial charge is 0.416 e.